The maximum Gasteiger partial charge on any atom is 0.273 e. The molecule has 20 heavy (non-hydrogen) atoms. The number of hydrogen-bond acceptors (Lipinski definition) is 3. The van der Waals surface area contributed by atoms with Crippen LogP contribution in [0.15, 0.2) is 28.7 Å². The Morgan fingerprint density at radius 3 is 2.85 bits per heavy atom. The van der Waals surface area contributed by atoms with Crippen molar-refractivity contribution in [3.8, 4) is 6.07 Å². The van der Waals surface area contributed by atoms with Gasteiger partial charge in [-0.25, -0.2) is 0 Å². The minimum absolute atomic E-state index is 0.283. The lowest BCUT2D eigenvalue weighted by atomic mass is 10.2. The highest BCUT2D eigenvalue weighted by molar-refractivity contribution is 9.10. The Bertz CT molecular complexity index is 700. The number of rotatable bonds is 3. The third-order valence-electron chi connectivity index (χ3n) is 2.88. The molecule has 0 aliphatic rings. The first-order valence-electron chi connectivity index (χ1n) is 6.09. The van der Waals surface area contributed by atoms with Gasteiger partial charge in [-0.1, -0.05) is 22.9 Å². The molecule has 1 aromatic carbocycles. The van der Waals surface area contributed by atoms with E-state index >= 15 is 0 Å². The minimum atomic E-state index is -0.283. The molecule has 0 unspecified atom stereocenters. The Morgan fingerprint density at radius 2 is 2.25 bits per heavy atom. The summed E-state index contributed by atoms with van der Waals surface area (Å²) in [6.07, 6.45) is 0.765. The minimum Gasteiger partial charge on any atom is -0.319 e. The van der Waals surface area contributed by atoms with E-state index < -0.39 is 0 Å². The van der Waals surface area contributed by atoms with E-state index in [-0.39, 0.29) is 5.91 Å². The van der Waals surface area contributed by atoms with Gasteiger partial charge in [0.2, 0.25) is 0 Å². The van der Waals surface area contributed by atoms with E-state index in [1.165, 1.54) is 4.68 Å². The molecule has 0 bridgehead atoms. The largest absolute Gasteiger partial charge is 0.319 e. The Morgan fingerprint density at radius 1 is 1.50 bits per heavy atom. The Hall–Kier alpha value is -2.13. The highest BCUT2D eigenvalue weighted by Gasteiger charge is 2.14. The number of aryl methyl sites for hydroxylation is 2. The highest BCUT2D eigenvalue weighted by atomic mass is 79.9. The molecule has 6 heteroatoms. The zero-order valence-corrected chi connectivity index (χ0v) is 12.7. The van der Waals surface area contributed by atoms with E-state index in [4.69, 9.17) is 5.26 Å². The molecule has 2 rings (SSSR count). The summed E-state index contributed by atoms with van der Waals surface area (Å²) in [5.41, 5.74) is 2.21. The van der Waals surface area contributed by atoms with Crippen LogP contribution in [-0.2, 0) is 13.5 Å². The van der Waals surface area contributed by atoms with E-state index in [0.29, 0.717) is 16.9 Å². The standard InChI is InChI=1S/C14H13BrN4O/c1-3-11-7-13(19(2)18-11)14(20)17-12-6-10(15)5-4-9(12)8-16/h4-7H,3H2,1-2H3,(H,17,20). The molecule has 2 aromatic rings. The molecule has 1 aromatic heterocycles. The van der Waals surface area contributed by atoms with Crippen LogP contribution in [0.2, 0.25) is 0 Å². The highest BCUT2D eigenvalue weighted by Crippen LogP contribution is 2.21. The molecule has 5 nitrogen and oxygen atoms in total. The predicted molar refractivity (Wildman–Crippen MR) is 79.4 cm³/mol. The maximum absolute atomic E-state index is 12.2. The lowest BCUT2D eigenvalue weighted by Crippen LogP contribution is -2.16. The number of carbonyl (C=O) groups is 1. The fraction of sp³-hybridized carbons (Fsp3) is 0.214. The lowest BCUT2D eigenvalue weighted by molar-refractivity contribution is 0.101. The van der Waals surface area contributed by atoms with Crippen molar-refractivity contribution in [3.05, 3.63) is 45.7 Å². The first-order valence-corrected chi connectivity index (χ1v) is 6.88. The van der Waals surface area contributed by atoms with Crippen LogP contribution < -0.4 is 5.32 Å². The first-order chi connectivity index (χ1) is 9.55. The van der Waals surface area contributed by atoms with Gasteiger partial charge in [0.05, 0.1) is 16.9 Å². The number of hydrogen-bond donors (Lipinski definition) is 1. The molecule has 1 heterocycles. The smallest absolute Gasteiger partial charge is 0.273 e. The van der Waals surface area contributed by atoms with Crippen molar-refractivity contribution >= 4 is 27.5 Å². The number of nitrogens with one attached hydrogen (secondary N) is 1. The molecule has 0 radical (unpaired) electrons. The number of nitriles is 1. The normalized spacial score (nSPS) is 10.1. The summed E-state index contributed by atoms with van der Waals surface area (Å²) < 4.78 is 2.34. The van der Waals surface area contributed by atoms with Gasteiger partial charge < -0.3 is 5.32 Å². The zero-order valence-electron chi connectivity index (χ0n) is 11.1. The molecule has 1 N–H and O–H groups in total. The molecule has 1 amide bonds. The van der Waals surface area contributed by atoms with Gasteiger partial charge >= 0.3 is 0 Å². The van der Waals surface area contributed by atoms with Gasteiger partial charge in [-0.15, -0.1) is 0 Å². The monoisotopic (exact) mass is 332 g/mol. The van der Waals surface area contributed by atoms with E-state index in [1.807, 2.05) is 6.92 Å². The van der Waals surface area contributed by atoms with Crippen molar-refractivity contribution in [1.29, 1.82) is 5.26 Å². The average molecular weight is 333 g/mol. The van der Waals surface area contributed by atoms with Gasteiger partial charge in [-0.2, -0.15) is 10.4 Å². The van der Waals surface area contributed by atoms with Gasteiger partial charge in [-0.3, -0.25) is 9.48 Å². The van der Waals surface area contributed by atoms with Gasteiger partial charge in [0.15, 0.2) is 0 Å². The van der Waals surface area contributed by atoms with Gasteiger partial charge in [0.1, 0.15) is 11.8 Å². The number of anilines is 1. The van der Waals surface area contributed by atoms with E-state index in [1.54, 1.807) is 31.3 Å². The Labute approximate surface area is 125 Å². The Balaban J connectivity index is 2.30. The first kappa shape index (κ1) is 14.3. The molecule has 0 saturated heterocycles. The van der Waals surface area contributed by atoms with Crippen molar-refractivity contribution in [3.63, 3.8) is 0 Å². The topological polar surface area (TPSA) is 70.7 Å². The number of carbonyl (C=O) groups excluding carboxylic acids is 1. The molecule has 102 valence electrons. The van der Waals surface area contributed by atoms with Crippen LogP contribution in [-0.4, -0.2) is 15.7 Å². The molecule has 0 saturated carbocycles. The second kappa shape index (κ2) is 5.88. The number of benzene rings is 1. The van der Waals surface area contributed by atoms with Crippen molar-refractivity contribution in [1.82, 2.24) is 9.78 Å². The van der Waals surface area contributed by atoms with Crippen LogP contribution in [0.25, 0.3) is 0 Å². The maximum atomic E-state index is 12.2. The fourth-order valence-corrected chi connectivity index (χ4v) is 2.18. The van der Waals surface area contributed by atoms with Crippen LogP contribution in [0, 0.1) is 11.3 Å². The lowest BCUT2D eigenvalue weighted by Gasteiger charge is -2.07. The van der Waals surface area contributed by atoms with Gasteiger partial charge in [0.25, 0.3) is 5.91 Å². The summed E-state index contributed by atoms with van der Waals surface area (Å²) in [6, 6.07) is 8.91. The number of aromatic nitrogens is 2. The third-order valence-corrected chi connectivity index (χ3v) is 3.37. The van der Waals surface area contributed by atoms with Crippen LogP contribution in [0.5, 0.6) is 0 Å². The zero-order chi connectivity index (χ0) is 14.7. The molecule has 0 fully saturated rings. The average Bonchev–Trinajstić information content (AvgIpc) is 2.80. The van der Waals surface area contributed by atoms with Crippen LogP contribution >= 0.6 is 15.9 Å². The summed E-state index contributed by atoms with van der Waals surface area (Å²) >= 11 is 3.32. The van der Waals surface area contributed by atoms with Crippen LogP contribution in [0.4, 0.5) is 5.69 Å². The molecule has 0 spiro atoms. The van der Waals surface area contributed by atoms with Gasteiger partial charge in [-0.05, 0) is 30.7 Å². The van der Waals surface area contributed by atoms with E-state index in [2.05, 4.69) is 32.4 Å². The quantitative estimate of drug-likeness (QED) is 0.939. The second-order valence-electron chi connectivity index (χ2n) is 4.25. The summed E-state index contributed by atoms with van der Waals surface area (Å²) in [7, 11) is 1.72. The second-order valence-corrected chi connectivity index (χ2v) is 5.17. The number of amides is 1. The summed E-state index contributed by atoms with van der Waals surface area (Å²) in [5.74, 6) is -0.283. The van der Waals surface area contributed by atoms with Crippen molar-refractivity contribution in [2.45, 2.75) is 13.3 Å². The summed E-state index contributed by atoms with van der Waals surface area (Å²) in [6.45, 7) is 1.98. The van der Waals surface area contributed by atoms with E-state index in [0.717, 1.165) is 16.6 Å². The van der Waals surface area contributed by atoms with E-state index in [9.17, 15) is 4.79 Å². The molecular weight excluding hydrogens is 320 g/mol. The number of halogens is 1. The van der Waals surface area contributed by atoms with Crippen LogP contribution in [0.3, 0.4) is 0 Å². The molecule has 0 atom stereocenters. The molecule has 0 aliphatic carbocycles. The van der Waals surface area contributed by atoms with Crippen molar-refractivity contribution < 1.29 is 4.79 Å². The fourth-order valence-electron chi connectivity index (χ4n) is 1.82. The number of nitrogens with zero attached hydrogens (tertiary/aromatic N) is 3. The summed E-state index contributed by atoms with van der Waals surface area (Å²) in [4.78, 5) is 12.2. The Kier molecular flexibility index (Phi) is 4.20. The summed E-state index contributed by atoms with van der Waals surface area (Å²) in [5, 5.41) is 16.0. The predicted octanol–water partition coefficient (Wildman–Crippen LogP) is 2.87. The van der Waals surface area contributed by atoms with Crippen molar-refractivity contribution in [2.24, 2.45) is 7.05 Å². The molecular formula is C14H13BrN4O. The van der Waals surface area contributed by atoms with Gasteiger partial charge in [0, 0.05) is 11.5 Å². The van der Waals surface area contributed by atoms with Crippen molar-refractivity contribution in [2.75, 3.05) is 5.32 Å². The molecule has 0 aliphatic heterocycles. The third kappa shape index (κ3) is 2.89. The van der Waals surface area contributed by atoms with Crippen LogP contribution in [0.1, 0.15) is 28.7 Å². The SMILES string of the molecule is CCc1cc(C(=O)Nc2cc(Br)ccc2C#N)n(C)n1.